The van der Waals surface area contributed by atoms with Crippen molar-refractivity contribution in [3.8, 4) is 11.5 Å². The molecule has 5 heteroatoms. The Balaban J connectivity index is 1.66. The van der Waals surface area contributed by atoms with Crippen LogP contribution >= 0.6 is 0 Å². The van der Waals surface area contributed by atoms with Crippen LogP contribution in [0.3, 0.4) is 0 Å². The fraction of sp³-hybridized carbons (Fsp3) is 0.632. The number of carbonyl (C=O) groups is 1. The summed E-state index contributed by atoms with van der Waals surface area (Å²) in [5.41, 5.74) is 1.28. The molecule has 1 N–H and O–H groups in total. The molecule has 0 aromatic heterocycles. The van der Waals surface area contributed by atoms with Crippen molar-refractivity contribution in [2.24, 2.45) is 0 Å². The molecule has 0 unspecified atom stereocenters. The second kappa shape index (κ2) is 7.88. The molecular weight excluding hydrogens is 306 g/mol. The number of ether oxygens (including phenoxy) is 2. The van der Waals surface area contributed by atoms with Gasteiger partial charge in [-0.15, -0.1) is 0 Å². The fourth-order valence-corrected chi connectivity index (χ4v) is 3.84. The maximum absolute atomic E-state index is 10.8. The summed E-state index contributed by atoms with van der Waals surface area (Å²) in [4.78, 5) is 12.8. The molecule has 1 aliphatic carbocycles. The van der Waals surface area contributed by atoms with Crippen molar-refractivity contribution in [2.75, 3.05) is 26.7 Å². The summed E-state index contributed by atoms with van der Waals surface area (Å²) in [6.07, 6.45) is 7.03. The van der Waals surface area contributed by atoms with Gasteiger partial charge in [0.2, 0.25) is 0 Å². The van der Waals surface area contributed by atoms with E-state index in [-0.39, 0.29) is 6.54 Å². The van der Waals surface area contributed by atoms with Crippen LogP contribution in [0, 0.1) is 0 Å². The first-order valence-corrected chi connectivity index (χ1v) is 8.94. The van der Waals surface area contributed by atoms with Gasteiger partial charge in [0.05, 0.1) is 19.8 Å². The molecule has 3 rings (SSSR count). The normalized spacial score (nSPS) is 20.2. The molecule has 0 radical (unpaired) electrons. The third-order valence-electron chi connectivity index (χ3n) is 5.20. The van der Waals surface area contributed by atoms with Crippen molar-refractivity contribution >= 4 is 5.97 Å². The third-order valence-corrected chi connectivity index (χ3v) is 5.20. The predicted molar refractivity (Wildman–Crippen MR) is 91.9 cm³/mol. The van der Waals surface area contributed by atoms with E-state index in [0.717, 1.165) is 50.3 Å². The van der Waals surface area contributed by atoms with Crippen LogP contribution in [-0.2, 0) is 4.79 Å². The average Bonchev–Trinajstić information content (AvgIpc) is 3.08. The van der Waals surface area contributed by atoms with Gasteiger partial charge >= 0.3 is 5.97 Å². The molecule has 0 bridgehead atoms. The Morgan fingerprint density at radius 2 is 1.88 bits per heavy atom. The van der Waals surface area contributed by atoms with E-state index >= 15 is 0 Å². The highest BCUT2D eigenvalue weighted by Crippen LogP contribution is 2.36. The van der Waals surface area contributed by atoms with Crippen LogP contribution < -0.4 is 9.47 Å². The van der Waals surface area contributed by atoms with Gasteiger partial charge in [-0.05, 0) is 75.2 Å². The van der Waals surface area contributed by atoms with Gasteiger partial charge in [0.1, 0.15) is 0 Å². The van der Waals surface area contributed by atoms with Gasteiger partial charge in [-0.3, -0.25) is 9.69 Å². The van der Waals surface area contributed by atoms with Crippen molar-refractivity contribution < 1.29 is 19.4 Å². The molecule has 0 atom stereocenters. The summed E-state index contributed by atoms with van der Waals surface area (Å²) in [5.74, 6) is 1.38. The molecule has 0 spiro atoms. The van der Waals surface area contributed by atoms with Crippen LogP contribution in [0.5, 0.6) is 11.5 Å². The highest BCUT2D eigenvalue weighted by atomic mass is 16.5. The molecule has 2 fully saturated rings. The zero-order valence-electron chi connectivity index (χ0n) is 14.4. The second-order valence-corrected chi connectivity index (χ2v) is 6.88. The summed E-state index contributed by atoms with van der Waals surface area (Å²) in [7, 11) is 1.68. The van der Waals surface area contributed by atoms with E-state index in [2.05, 4.69) is 12.1 Å². The van der Waals surface area contributed by atoms with Crippen molar-refractivity contribution in [3.05, 3.63) is 23.8 Å². The van der Waals surface area contributed by atoms with E-state index in [9.17, 15) is 4.79 Å². The van der Waals surface area contributed by atoms with Gasteiger partial charge in [0, 0.05) is 0 Å². The first-order valence-electron chi connectivity index (χ1n) is 8.94. The highest BCUT2D eigenvalue weighted by molar-refractivity contribution is 5.69. The van der Waals surface area contributed by atoms with Crippen LogP contribution in [0.15, 0.2) is 18.2 Å². The first-order chi connectivity index (χ1) is 11.7. The molecule has 1 aromatic rings. The van der Waals surface area contributed by atoms with Gasteiger partial charge in [-0.25, -0.2) is 0 Å². The number of nitrogens with zero attached hydrogens (tertiary/aromatic N) is 1. The molecule has 0 amide bonds. The van der Waals surface area contributed by atoms with E-state index in [4.69, 9.17) is 14.6 Å². The Hall–Kier alpha value is -1.75. The number of piperidine rings is 1. The van der Waals surface area contributed by atoms with Crippen molar-refractivity contribution in [3.63, 3.8) is 0 Å². The molecular formula is C19H27NO4. The lowest BCUT2D eigenvalue weighted by Gasteiger charge is -2.31. The van der Waals surface area contributed by atoms with Crippen LogP contribution in [0.4, 0.5) is 0 Å². The average molecular weight is 333 g/mol. The number of likely N-dealkylation sites (tertiary alicyclic amines) is 1. The molecule has 132 valence electrons. The number of aliphatic carboxylic acids is 1. The zero-order valence-corrected chi connectivity index (χ0v) is 14.4. The number of rotatable bonds is 6. The molecule has 5 nitrogen and oxygen atoms in total. The monoisotopic (exact) mass is 333 g/mol. The minimum absolute atomic E-state index is 0.144. The maximum Gasteiger partial charge on any atom is 0.317 e. The van der Waals surface area contributed by atoms with Gasteiger partial charge in [0.15, 0.2) is 11.5 Å². The number of carboxylic acid groups (broad SMARTS) is 1. The Kier molecular flexibility index (Phi) is 5.61. The van der Waals surface area contributed by atoms with Gasteiger partial charge in [0.25, 0.3) is 0 Å². The number of methoxy groups -OCH3 is 1. The second-order valence-electron chi connectivity index (χ2n) is 6.88. The van der Waals surface area contributed by atoms with Crippen LogP contribution in [-0.4, -0.2) is 48.8 Å². The molecule has 1 saturated heterocycles. The molecule has 1 aromatic carbocycles. The largest absolute Gasteiger partial charge is 0.493 e. The molecule has 1 aliphatic heterocycles. The van der Waals surface area contributed by atoms with E-state index in [1.807, 2.05) is 11.0 Å². The summed E-state index contributed by atoms with van der Waals surface area (Å²) < 4.78 is 11.6. The van der Waals surface area contributed by atoms with Crippen molar-refractivity contribution in [2.45, 2.75) is 50.5 Å². The Morgan fingerprint density at radius 3 is 2.50 bits per heavy atom. The lowest BCUT2D eigenvalue weighted by molar-refractivity contribution is -0.138. The van der Waals surface area contributed by atoms with E-state index in [1.165, 1.54) is 18.4 Å². The zero-order chi connectivity index (χ0) is 16.9. The highest BCUT2D eigenvalue weighted by Gasteiger charge is 2.24. The van der Waals surface area contributed by atoms with Crippen LogP contribution in [0.2, 0.25) is 0 Å². The van der Waals surface area contributed by atoms with Gasteiger partial charge in [-0.1, -0.05) is 6.07 Å². The Bertz CT molecular complexity index is 560. The minimum atomic E-state index is -0.745. The SMILES string of the molecule is COc1ccc(C2CCN(CC(=O)O)CC2)cc1OC1CCCC1. The number of carboxylic acids is 1. The van der Waals surface area contributed by atoms with Crippen LogP contribution in [0.25, 0.3) is 0 Å². The summed E-state index contributed by atoms with van der Waals surface area (Å²) in [6.45, 7) is 1.81. The van der Waals surface area contributed by atoms with E-state index < -0.39 is 5.97 Å². The fourth-order valence-electron chi connectivity index (χ4n) is 3.84. The topological polar surface area (TPSA) is 59.0 Å². The van der Waals surface area contributed by atoms with Crippen molar-refractivity contribution in [1.82, 2.24) is 4.90 Å². The standard InChI is InChI=1S/C19H27NO4/c1-23-17-7-6-15(12-18(17)24-16-4-2-3-5-16)14-8-10-20(11-9-14)13-19(21)22/h6-7,12,14,16H,2-5,8-11,13H2,1H3,(H,21,22). The van der Waals surface area contributed by atoms with Gasteiger partial charge < -0.3 is 14.6 Å². The molecule has 24 heavy (non-hydrogen) atoms. The predicted octanol–water partition coefficient (Wildman–Crippen LogP) is 3.28. The Labute approximate surface area is 143 Å². The molecule has 1 heterocycles. The van der Waals surface area contributed by atoms with Crippen molar-refractivity contribution in [1.29, 1.82) is 0 Å². The van der Waals surface area contributed by atoms with E-state index in [0.29, 0.717) is 12.0 Å². The van der Waals surface area contributed by atoms with Crippen LogP contribution in [0.1, 0.15) is 50.0 Å². The number of hydrogen-bond acceptors (Lipinski definition) is 4. The smallest absolute Gasteiger partial charge is 0.317 e. The first kappa shape index (κ1) is 17.1. The van der Waals surface area contributed by atoms with Gasteiger partial charge in [-0.2, -0.15) is 0 Å². The summed E-state index contributed by atoms with van der Waals surface area (Å²) in [6, 6.07) is 6.26. The number of hydrogen-bond donors (Lipinski definition) is 1. The van der Waals surface area contributed by atoms with E-state index in [1.54, 1.807) is 7.11 Å². The lowest BCUT2D eigenvalue weighted by Crippen LogP contribution is -2.36. The quantitative estimate of drug-likeness (QED) is 0.866. The molecule has 1 saturated carbocycles. The molecule has 2 aliphatic rings. The third kappa shape index (κ3) is 4.20. The summed E-state index contributed by atoms with van der Waals surface area (Å²) >= 11 is 0. The lowest BCUT2D eigenvalue weighted by atomic mass is 9.89. The Morgan fingerprint density at radius 1 is 1.17 bits per heavy atom. The number of benzene rings is 1. The maximum atomic E-state index is 10.8. The summed E-state index contributed by atoms with van der Waals surface area (Å²) in [5, 5.41) is 8.91. The minimum Gasteiger partial charge on any atom is -0.493 e.